The SMILES string of the molecule is COc1ccc(-c2nc(COC(=O)CCCc3cccnc3)cs2)cc1. The fourth-order valence-electron chi connectivity index (χ4n) is 2.45. The van der Waals surface area contributed by atoms with Gasteiger partial charge in [0.1, 0.15) is 17.4 Å². The highest BCUT2D eigenvalue weighted by atomic mass is 32.1. The van der Waals surface area contributed by atoms with Crippen LogP contribution in [0.4, 0.5) is 0 Å². The van der Waals surface area contributed by atoms with Crippen molar-refractivity contribution in [2.75, 3.05) is 7.11 Å². The molecule has 0 aliphatic heterocycles. The highest BCUT2D eigenvalue weighted by molar-refractivity contribution is 7.13. The third-order valence-corrected chi connectivity index (χ3v) is 4.78. The predicted molar refractivity (Wildman–Crippen MR) is 101 cm³/mol. The molecule has 0 N–H and O–H groups in total. The molecule has 0 fully saturated rings. The zero-order chi connectivity index (χ0) is 18.2. The standard InChI is InChI=1S/C20H20N2O3S/c1-24-18-9-7-16(8-10-18)20-22-17(14-26-20)13-25-19(23)6-2-4-15-5-3-11-21-12-15/h3,5,7-12,14H,2,4,6,13H2,1H3. The first-order valence-electron chi connectivity index (χ1n) is 8.38. The van der Waals surface area contributed by atoms with Gasteiger partial charge in [-0.15, -0.1) is 11.3 Å². The van der Waals surface area contributed by atoms with Crippen molar-refractivity contribution < 1.29 is 14.3 Å². The van der Waals surface area contributed by atoms with E-state index >= 15 is 0 Å². The molecule has 3 aromatic rings. The van der Waals surface area contributed by atoms with Crippen molar-refractivity contribution in [3.63, 3.8) is 0 Å². The summed E-state index contributed by atoms with van der Waals surface area (Å²) in [4.78, 5) is 20.5. The Balaban J connectivity index is 1.44. The van der Waals surface area contributed by atoms with Gasteiger partial charge in [0.05, 0.1) is 12.8 Å². The molecule has 0 saturated heterocycles. The molecule has 0 amide bonds. The molecule has 0 saturated carbocycles. The van der Waals surface area contributed by atoms with Crippen molar-refractivity contribution in [3.8, 4) is 16.3 Å². The lowest BCUT2D eigenvalue weighted by molar-refractivity contribution is -0.145. The molecule has 2 heterocycles. The molecule has 0 aliphatic rings. The summed E-state index contributed by atoms with van der Waals surface area (Å²) in [6.07, 6.45) is 5.53. The minimum absolute atomic E-state index is 0.201. The summed E-state index contributed by atoms with van der Waals surface area (Å²) in [7, 11) is 1.64. The third kappa shape index (κ3) is 5.13. The van der Waals surface area contributed by atoms with Crippen LogP contribution in [0, 0.1) is 0 Å². The fraction of sp³-hybridized carbons (Fsp3) is 0.250. The van der Waals surface area contributed by atoms with E-state index in [4.69, 9.17) is 9.47 Å². The van der Waals surface area contributed by atoms with Gasteiger partial charge in [0.2, 0.25) is 0 Å². The van der Waals surface area contributed by atoms with Gasteiger partial charge < -0.3 is 9.47 Å². The van der Waals surface area contributed by atoms with Gasteiger partial charge in [0, 0.05) is 29.8 Å². The van der Waals surface area contributed by atoms with Crippen molar-refractivity contribution in [1.29, 1.82) is 0 Å². The van der Waals surface area contributed by atoms with Gasteiger partial charge in [-0.1, -0.05) is 6.07 Å². The van der Waals surface area contributed by atoms with Gasteiger partial charge in [-0.05, 0) is 48.7 Å². The summed E-state index contributed by atoms with van der Waals surface area (Å²) in [6.45, 7) is 0.207. The number of ether oxygens (including phenoxy) is 2. The van der Waals surface area contributed by atoms with Crippen LogP contribution in [0.2, 0.25) is 0 Å². The van der Waals surface area contributed by atoms with Crippen molar-refractivity contribution in [2.45, 2.75) is 25.9 Å². The lowest BCUT2D eigenvalue weighted by Gasteiger charge is -2.03. The van der Waals surface area contributed by atoms with Crippen LogP contribution >= 0.6 is 11.3 Å². The van der Waals surface area contributed by atoms with E-state index in [1.54, 1.807) is 13.3 Å². The van der Waals surface area contributed by atoms with E-state index < -0.39 is 0 Å². The number of hydrogen-bond donors (Lipinski definition) is 0. The molecule has 26 heavy (non-hydrogen) atoms. The summed E-state index contributed by atoms with van der Waals surface area (Å²) < 4.78 is 10.5. The molecule has 0 aliphatic carbocycles. The fourth-order valence-corrected chi connectivity index (χ4v) is 3.26. The Labute approximate surface area is 156 Å². The molecule has 3 rings (SSSR count). The van der Waals surface area contributed by atoms with E-state index in [9.17, 15) is 4.79 Å². The molecule has 5 nitrogen and oxygen atoms in total. The Morgan fingerprint density at radius 3 is 2.77 bits per heavy atom. The van der Waals surface area contributed by atoms with Crippen molar-refractivity contribution in [2.24, 2.45) is 0 Å². The normalized spacial score (nSPS) is 10.5. The van der Waals surface area contributed by atoms with Crippen molar-refractivity contribution >= 4 is 17.3 Å². The van der Waals surface area contributed by atoms with Crippen LogP contribution in [-0.4, -0.2) is 23.0 Å². The maximum Gasteiger partial charge on any atom is 0.306 e. The topological polar surface area (TPSA) is 61.3 Å². The summed E-state index contributed by atoms with van der Waals surface area (Å²) >= 11 is 1.53. The van der Waals surface area contributed by atoms with E-state index in [0.29, 0.717) is 6.42 Å². The van der Waals surface area contributed by atoms with E-state index in [1.807, 2.05) is 48.0 Å². The third-order valence-electron chi connectivity index (χ3n) is 3.84. The minimum atomic E-state index is -0.201. The van der Waals surface area contributed by atoms with Crippen molar-refractivity contribution in [1.82, 2.24) is 9.97 Å². The van der Waals surface area contributed by atoms with Gasteiger partial charge >= 0.3 is 5.97 Å². The largest absolute Gasteiger partial charge is 0.497 e. The number of pyridine rings is 1. The van der Waals surface area contributed by atoms with Crippen LogP contribution in [0.15, 0.2) is 54.2 Å². The molecule has 1 aromatic carbocycles. The number of esters is 1. The van der Waals surface area contributed by atoms with Gasteiger partial charge in [0.25, 0.3) is 0 Å². The second-order valence-electron chi connectivity index (χ2n) is 5.75. The zero-order valence-corrected chi connectivity index (χ0v) is 15.4. The number of aromatic nitrogens is 2. The zero-order valence-electron chi connectivity index (χ0n) is 14.6. The highest BCUT2D eigenvalue weighted by Crippen LogP contribution is 2.26. The number of nitrogens with zero attached hydrogens (tertiary/aromatic N) is 2. The lowest BCUT2D eigenvalue weighted by Crippen LogP contribution is -2.05. The molecule has 134 valence electrons. The van der Waals surface area contributed by atoms with Crippen LogP contribution in [0.25, 0.3) is 10.6 Å². The molecular formula is C20H20N2O3S. The highest BCUT2D eigenvalue weighted by Gasteiger charge is 2.08. The van der Waals surface area contributed by atoms with E-state index in [-0.39, 0.29) is 12.6 Å². The number of benzene rings is 1. The first-order valence-corrected chi connectivity index (χ1v) is 9.26. The van der Waals surface area contributed by atoms with Crippen molar-refractivity contribution in [3.05, 3.63) is 65.4 Å². The molecule has 0 atom stereocenters. The first-order chi connectivity index (χ1) is 12.7. The smallest absolute Gasteiger partial charge is 0.306 e. The minimum Gasteiger partial charge on any atom is -0.497 e. The summed E-state index contributed by atoms with van der Waals surface area (Å²) in [5.41, 5.74) is 2.91. The number of carbonyl (C=O) groups excluding carboxylic acids is 1. The maximum absolute atomic E-state index is 11.9. The Kier molecular flexibility index (Phi) is 6.33. The second kappa shape index (κ2) is 9.10. The number of aryl methyl sites for hydroxylation is 1. The van der Waals surface area contributed by atoms with Crippen LogP contribution in [-0.2, 0) is 22.6 Å². The number of thiazole rings is 1. The molecule has 0 unspecified atom stereocenters. The molecule has 6 heteroatoms. The molecule has 2 aromatic heterocycles. The van der Waals surface area contributed by atoms with Crippen LogP contribution in [0.1, 0.15) is 24.1 Å². The van der Waals surface area contributed by atoms with Crippen LogP contribution in [0.5, 0.6) is 5.75 Å². The Morgan fingerprint density at radius 1 is 1.19 bits per heavy atom. The van der Waals surface area contributed by atoms with Gasteiger partial charge in [-0.3, -0.25) is 9.78 Å². The van der Waals surface area contributed by atoms with Gasteiger partial charge in [0.15, 0.2) is 0 Å². The number of carbonyl (C=O) groups is 1. The predicted octanol–water partition coefficient (Wildman–Crippen LogP) is 4.28. The number of rotatable bonds is 8. The van der Waals surface area contributed by atoms with E-state index in [2.05, 4.69) is 9.97 Å². The quantitative estimate of drug-likeness (QED) is 0.555. The molecular weight excluding hydrogens is 348 g/mol. The van der Waals surface area contributed by atoms with Gasteiger partial charge in [-0.25, -0.2) is 4.98 Å². The number of hydrogen-bond acceptors (Lipinski definition) is 6. The first kappa shape index (κ1) is 18.1. The lowest BCUT2D eigenvalue weighted by atomic mass is 10.1. The van der Waals surface area contributed by atoms with E-state index in [1.165, 1.54) is 11.3 Å². The average Bonchev–Trinajstić information content (AvgIpc) is 3.16. The summed E-state index contributed by atoms with van der Waals surface area (Å²) in [5.74, 6) is 0.610. The van der Waals surface area contributed by atoms with Gasteiger partial charge in [-0.2, -0.15) is 0 Å². The summed E-state index contributed by atoms with van der Waals surface area (Å²) in [6, 6.07) is 11.6. The van der Waals surface area contributed by atoms with Crippen LogP contribution in [0.3, 0.4) is 0 Å². The molecule has 0 radical (unpaired) electrons. The van der Waals surface area contributed by atoms with E-state index in [0.717, 1.165) is 40.4 Å². The Morgan fingerprint density at radius 2 is 2.04 bits per heavy atom. The molecule has 0 spiro atoms. The number of methoxy groups -OCH3 is 1. The Bertz CT molecular complexity index is 832. The second-order valence-corrected chi connectivity index (χ2v) is 6.61. The summed E-state index contributed by atoms with van der Waals surface area (Å²) in [5, 5.41) is 2.82. The Hall–Kier alpha value is -2.73. The maximum atomic E-state index is 11.9. The average molecular weight is 368 g/mol. The monoisotopic (exact) mass is 368 g/mol. The molecule has 0 bridgehead atoms. The van der Waals surface area contributed by atoms with Crippen LogP contribution < -0.4 is 4.74 Å².